The zero-order valence-electron chi connectivity index (χ0n) is 12.3. The molecule has 116 valence electrons. The van der Waals surface area contributed by atoms with Crippen LogP contribution in [0.15, 0.2) is 80.4 Å². The van der Waals surface area contributed by atoms with Crippen LogP contribution in [-0.4, -0.2) is 17.1 Å². The topological polar surface area (TPSA) is 35.0 Å². The van der Waals surface area contributed by atoms with Crippen LogP contribution in [0, 0.1) is 5.95 Å². The highest BCUT2D eigenvalue weighted by atomic mass is 32.2. The lowest BCUT2D eigenvalue weighted by atomic mass is 10.4. The van der Waals surface area contributed by atoms with Crippen LogP contribution < -0.4 is 4.74 Å². The van der Waals surface area contributed by atoms with Gasteiger partial charge in [-0.15, -0.1) is 0 Å². The summed E-state index contributed by atoms with van der Waals surface area (Å²) in [5.74, 6) is -0.580. The van der Waals surface area contributed by atoms with Crippen molar-refractivity contribution in [1.29, 1.82) is 0 Å². The minimum atomic E-state index is -0.580. The Bertz CT molecular complexity index is 785. The molecule has 3 nitrogen and oxygen atoms in total. The second kappa shape index (κ2) is 7.48. The monoisotopic (exact) mass is 344 g/mol. The molecule has 0 aliphatic rings. The predicted molar refractivity (Wildman–Crippen MR) is 89.7 cm³/mol. The van der Waals surface area contributed by atoms with E-state index in [0.717, 1.165) is 9.79 Å². The second-order valence-corrected chi connectivity index (χ2v) is 6.61. The zero-order valence-corrected chi connectivity index (χ0v) is 13.9. The highest BCUT2D eigenvalue weighted by Crippen LogP contribution is 2.39. The maximum atomic E-state index is 14.4. The Morgan fingerprint density at radius 2 is 1.39 bits per heavy atom. The van der Waals surface area contributed by atoms with Gasteiger partial charge in [0, 0.05) is 9.79 Å². The maximum absolute atomic E-state index is 14.4. The summed E-state index contributed by atoms with van der Waals surface area (Å²) < 4.78 is 19.4. The van der Waals surface area contributed by atoms with Crippen LogP contribution in [0.5, 0.6) is 6.01 Å². The molecule has 0 N–H and O–H groups in total. The van der Waals surface area contributed by atoms with Gasteiger partial charge >= 0.3 is 6.01 Å². The van der Waals surface area contributed by atoms with Crippen LogP contribution in [0.3, 0.4) is 0 Å². The van der Waals surface area contributed by atoms with Crippen molar-refractivity contribution in [1.82, 2.24) is 9.97 Å². The van der Waals surface area contributed by atoms with E-state index >= 15 is 0 Å². The molecular formula is C17H13FN2OS2. The summed E-state index contributed by atoms with van der Waals surface area (Å²) in [6.07, 6.45) is 0. The summed E-state index contributed by atoms with van der Waals surface area (Å²) in [7, 11) is 1.43. The van der Waals surface area contributed by atoms with Gasteiger partial charge in [-0.3, -0.25) is 0 Å². The number of ether oxygens (including phenoxy) is 1. The molecule has 0 aliphatic carbocycles. The molecule has 3 aromatic rings. The third-order valence-corrected chi connectivity index (χ3v) is 5.08. The van der Waals surface area contributed by atoms with E-state index in [1.165, 1.54) is 30.6 Å². The van der Waals surface area contributed by atoms with E-state index in [2.05, 4.69) is 9.97 Å². The largest absolute Gasteiger partial charge is 0.467 e. The summed E-state index contributed by atoms with van der Waals surface area (Å²) in [5.41, 5.74) is 0. The summed E-state index contributed by atoms with van der Waals surface area (Å²) >= 11 is 2.69. The second-order valence-electron chi connectivity index (χ2n) is 4.47. The average Bonchev–Trinajstić information content (AvgIpc) is 2.59. The molecule has 0 atom stereocenters. The van der Waals surface area contributed by atoms with Crippen molar-refractivity contribution in [3.05, 3.63) is 66.6 Å². The van der Waals surface area contributed by atoms with Crippen molar-refractivity contribution in [3.63, 3.8) is 0 Å². The fraction of sp³-hybridized carbons (Fsp3) is 0.0588. The molecule has 0 spiro atoms. The molecule has 23 heavy (non-hydrogen) atoms. The Hall–Kier alpha value is -2.05. The number of halogens is 1. The summed E-state index contributed by atoms with van der Waals surface area (Å²) in [6, 6.07) is 19.3. The Labute approximate surface area is 142 Å². The first-order valence-corrected chi connectivity index (χ1v) is 8.47. The van der Waals surface area contributed by atoms with Crippen molar-refractivity contribution >= 4 is 23.5 Å². The number of nitrogens with zero attached hydrogens (tertiary/aromatic N) is 2. The van der Waals surface area contributed by atoms with Crippen molar-refractivity contribution in [2.45, 2.75) is 19.7 Å². The van der Waals surface area contributed by atoms with Gasteiger partial charge < -0.3 is 4.74 Å². The molecule has 0 saturated heterocycles. The Morgan fingerprint density at radius 1 is 0.826 bits per heavy atom. The number of hydrogen-bond donors (Lipinski definition) is 0. The number of rotatable bonds is 5. The van der Waals surface area contributed by atoms with E-state index in [4.69, 9.17) is 4.74 Å². The number of benzene rings is 2. The molecule has 0 radical (unpaired) electrons. The van der Waals surface area contributed by atoms with Crippen molar-refractivity contribution in [2.75, 3.05) is 7.11 Å². The summed E-state index contributed by atoms with van der Waals surface area (Å²) in [5, 5.41) is 0.536. The van der Waals surface area contributed by atoms with E-state index in [1.54, 1.807) is 0 Å². The van der Waals surface area contributed by atoms with Crippen molar-refractivity contribution < 1.29 is 9.13 Å². The molecule has 0 saturated carbocycles. The Balaban J connectivity index is 1.99. The van der Waals surface area contributed by atoms with Gasteiger partial charge in [-0.25, -0.2) is 0 Å². The normalized spacial score (nSPS) is 10.5. The highest BCUT2D eigenvalue weighted by Gasteiger charge is 2.17. The summed E-state index contributed by atoms with van der Waals surface area (Å²) in [6.45, 7) is 0. The molecule has 2 aromatic carbocycles. The Morgan fingerprint density at radius 3 is 1.96 bits per heavy atom. The van der Waals surface area contributed by atoms with Crippen molar-refractivity contribution in [2.24, 2.45) is 0 Å². The third kappa shape index (κ3) is 4.03. The molecule has 1 aromatic heterocycles. The molecule has 0 unspecified atom stereocenters. The minimum absolute atomic E-state index is 0.0262. The van der Waals surface area contributed by atoms with Gasteiger partial charge in [0.15, 0.2) is 0 Å². The van der Waals surface area contributed by atoms with Crippen molar-refractivity contribution in [3.8, 4) is 6.01 Å². The lowest BCUT2D eigenvalue weighted by Gasteiger charge is -2.10. The number of hydrogen-bond acceptors (Lipinski definition) is 5. The van der Waals surface area contributed by atoms with Gasteiger partial charge in [0.1, 0.15) is 9.92 Å². The fourth-order valence-corrected chi connectivity index (χ4v) is 3.70. The Kier molecular flexibility index (Phi) is 5.15. The molecule has 0 amide bonds. The highest BCUT2D eigenvalue weighted by molar-refractivity contribution is 8.02. The van der Waals surface area contributed by atoms with E-state index < -0.39 is 5.95 Å². The first kappa shape index (κ1) is 15.8. The maximum Gasteiger partial charge on any atom is 0.319 e. The molecular weight excluding hydrogens is 331 g/mol. The quantitative estimate of drug-likeness (QED) is 0.613. The van der Waals surface area contributed by atoms with Gasteiger partial charge in [-0.05, 0) is 24.3 Å². The van der Waals surface area contributed by atoms with Gasteiger partial charge in [-0.1, -0.05) is 59.9 Å². The van der Waals surface area contributed by atoms with Crippen LogP contribution in [0.1, 0.15) is 0 Å². The van der Waals surface area contributed by atoms with Crippen LogP contribution in [0.25, 0.3) is 0 Å². The molecule has 0 fully saturated rings. The van der Waals surface area contributed by atoms with Gasteiger partial charge in [0.2, 0.25) is 5.95 Å². The lowest BCUT2D eigenvalue weighted by molar-refractivity contribution is 0.358. The van der Waals surface area contributed by atoms with Crippen LogP contribution in [0.2, 0.25) is 0 Å². The lowest BCUT2D eigenvalue weighted by Crippen LogP contribution is -1.99. The van der Waals surface area contributed by atoms with Crippen LogP contribution in [0.4, 0.5) is 4.39 Å². The van der Waals surface area contributed by atoms with Gasteiger partial charge in [-0.2, -0.15) is 14.4 Å². The van der Waals surface area contributed by atoms with Crippen LogP contribution in [-0.2, 0) is 0 Å². The first-order chi connectivity index (χ1) is 11.3. The molecule has 3 rings (SSSR count). The SMILES string of the molecule is COc1nc(F)c(Sc2ccccc2)c(Sc2ccccc2)n1. The number of aromatic nitrogens is 2. The van der Waals surface area contributed by atoms with E-state index in [1.807, 2.05) is 60.7 Å². The third-order valence-electron chi connectivity index (χ3n) is 2.88. The molecule has 6 heteroatoms. The standard InChI is InChI=1S/C17H13FN2OS2/c1-21-17-19-15(18)14(22-12-8-4-2-5-9-12)16(20-17)23-13-10-6-3-7-11-13/h2-11H,1H3. The molecule has 1 heterocycles. The minimum Gasteiger partial charge on any atom is -0.467 e. The molecule has 0 bridgehead atoms. The zero-order chi connectivity index (χ0) is 16.1. The average molecular weight is 344 g/mol. The van der Waals surface area contributed by atoms with Gasteiger partial charge in [0.05, 0.1) is 7.11 Å². The van der Waals surface area contributed by atoms with E-state index in [0.29, 0.717) is 9.92 Å². The predicted octanol–water partition coefficient (Wildman–Crippen LogP) is 4.93. The first-order valence-electron chi connectivity index (χ1n) is 6.83. The fourth-order valence-electron chi connectivity index (χ4n) is 1.84. The van der Waals surface area contributed by atoms with Crippen LogP contribution >= 0.6 is 23.5 Å². The number of methoxy groups -OCH3 is 1. The summed E-state index contributed by atoms with van der Waals surface area (Å²) in [4.78, 5) is 10.4. The van der Waals surface area contributed by atoms with Gasteiger partial charge in [0.25, 0.3) is 0 Å². The molecule has 0 aliphatic heterocycles. The van der Waals surface area contributed by atoms with E-state index in [-0.39, 0.29) is 6.01 Å². The van der Waals surface area contributed by atoms with E-state index in [9.17, 15) is 4.39 Å². The smallest absolute Gasteiger partial charge is 0.319 e.